The highest BCUT2D eigenvalue weighted by Gasteiger charge is 2.27. The molecule has 7 heteroatoms. The summed E-state index contributed by atoms with van der Waals surface area (Å²) in [7, 11) is 5.58. The Hall–Kier alpha value is -2.67. The molecule has 1 aliphatic rings. The smallest absolute Gasteiger partial charge is 0.332 e. The SMILES string of the molecule is COc1ccc(N(C(=O)Nc2ccc(N(C)C)cc2)C2=NCC(C)S2)cc1. The van der Waals surface area contributed by atoms with Crippen molar-refractivity contribution < 1.29 is 9.53 Å². The summed E-state index contributed by atoms with van der Waals surface area (Å²) in [4.78, 5) is 21.2. The van der Waals surface area contributed by atoms with E-state index in [-0.39, 0.29) is 6.03 Å². The molecule has 0 bridgehead atoms. The fourth-order valence-corrected chi connectivity index (χ4v) is 3.60. The number of nitrogens with zero attached hydrogens (tertiary/aromatic N) is 3. The van der Waals surface area contributed by atoms with Crippen LogP contribution in [0.2, 0.25) is 0 Å². The highest BCUT2D eigenvalue weighted by atomic mass is 32.2. The van der Waals surface area contributed by atoms with E-state index >= 15 is 0 Å². The molecule has 27 heavy (non-hydrogen) atoms. The summed E-state index contributed by atoms with van der Waals surface area (Å²) in [5, 5.41) is 4.03. The zero-order valence-corrected chi connectivity index (χ0v) is 16.8. The van der Waals surface area contributed by atoms with Gasteiger partial charge in [0.05, 0.1) is 19.3 Å². The summed E-state index contributed by atoms with van der Waals surface area (Å²) in [6, 6.07) is 14.9. The molecule has 3 rings (SSSR count). The topological polar surface area (TPSA) is 57.2 Å². The first-order valence-electron chi connectivity index (χ1n) is 8.71. The second-order valence-electron chi connectivity index (χ2n) is 6.46. The van der Waals surface area contributed by atoms with Crippen LogP contribution >= 0.6 is 11.8 Å². The van der Waals surface area contributed by atoms with Crippen molar-refractivity contribution in [1.82, 2.24) is 0 Å². The van der Waals surface area contributed by atoms with E-state index in [0.29, 0.717) is 17.0 Å². The van der Waals surface area contributed by atoms with Gasteiger partial charge in [-0.1, -0.05) is 18.7 Å². The monoisotopic (exact) mass is 384 g/mol. The minimum absolute atomic E-state index is 0.238. The van der Waals surface area contributed by atoms with Crippen molar-refractivity contribution in [2.45, 2.75) is 12.2 Å². The maximum absolute atomic E-state index is 13.1. The van der Waals surface area contributed by atoms with Crippen LogP contribution in [0.4, 0.5) is 21.9 Å². The third kappa shape index (κ3) is 4.54. The van der Waals surface area contributed by atoms with E-state index in [0.717, 1.165) is 22.8 Å². The zero-order chi connectivity index (χ0) is 19.4. The predicted molar refractivity (Wildman–Crippen MR) is 115 cm³/mol. The first-order valence-corrected chi connectivity index (χ1v) is 9.59. The Morgan fingerprint density at radius 2 is 1.74 bits per heavy atom. The van der Waals surface area contributed by atoms with Gasteiger partial charge in [-0.3, -0.25) is 4.99 Å². The molecule has 1 N–H and O–H groups in total. The molecule has 1 atom stereocenters. The molecule has 2 aromatic rings. The van der Waals surface area contributed by atoms with Crippen molar-refractivity contribution in [1.29, 1.82) is 0 Å². The van der Waals surface area contributed by atoms with Crippen LogP contribution in [-0.2, 0) is 0 Å². The Morgan fingerprint density at radius 1 is 1.11 bits per heavy atom. The van der Waals surface area contributed by atoms with Crippen molar-refractivity contribution in [2.75, 3.05) is 42.9 Å². The third-order valence-corrected chi connectivity index (χ3v) is 5.22. The summed E-state index contributed by atoms with van der Waals surface area (Å²) in [6.45, 7) is 2.81. The van der Waals surface area contributed by atoms with Gasteiger partial charge in [0, 0.05) is 30.7 Å². The van der Waals surface area contributed by atoms with Crippen LogP contribution in [0.5, 0.6) is 5.75 Å². The Balaban J connectivity index is 1.84. The highest BCUT2D eigenvalue weighted by molar-refractivity contribution is 8.15. The quantitative estimate of drug-likeness (QED) is 0.854. The maximum atomic E-state index is 13.1. The van der Waals surface area contributed by atoms with Crippen LogP contribution in [0.25, 0.3) is 0 Å². The largest absolute Gasteiger partial charge is 0.497 e. The minimum atomic E-state index is -0.238. The van der Waals surface area contributed by atoms with E-state index in [4.69, 9.17) is 4.74 Å². The van der Waals surface area contributed by atoms with Crippen LogP contribution in [-0.4, -0.2) is 44.2 Å². The first kappa shape index (κ1) is 19.1. The molecule has 2 amide bonds. The number of benzene rings is 2. The van der Waals surface area contributed by atoms with Crippen molar-refractivity contribution in [3.63, 3.8) is 0 Å². The fourth-order valence-electron chi connectivity index (χ4n) is 2.65. The van der Waals surface area contributed by atoms with E-state index in [1.807, 2.05) is 67.5 Å². The molecule has 1 unspecified atom stereocenters. The average molecular weight is 385 g/mol. The van der Waals surface area contributed by atoms with Crippen molar-refractivity contribution >= 4 is 40.0 Å². The standard InChI is InChI=1S/C20H24N4O2S/c1-14-13-21-20(27-14)24(17-9-11-18(26-4)12-10-17)19(25)22-15-5-7-16(8-6-15)23(2)3/h5-12,14H,13H2,1-4H3,(H,22,25). The second-order valence-corrected chi connectivity index (χ2v) is 7.86. The lowest BCUT2D eigenvalue weighted by Gasteiger charge is -2.23. The molecule has 6 nitrogen and oxygen atoms in total. The zero-order valence-electron chi connectivity index (χ0n) is 16.0. The molecule has 0 fully saturated rings. The van der Waals surface area contributed by atoms with Gasteiger partial charge in [0.25, 0.3) is 0 Å². The predicted octanol–water partition coefficient (Wildman–Crippen LogP) is 4.29. The molecule has 0 saturated carbocycles. The number of nitrogens with one attached hydrogen (secondary N) is 1. The van der Waals surface area contributed by atoms with E-state index < -0.39 is 0 Å². The molecule has 0 aromatic heterocycles. The molecule has 1 aliphatic heterocycles. The molecule has 1 heterocycles. The van der Waals surface area contributed by atoms with Crippen molar-refractivity contribution in [2.24, 2.45) is 4.99 Å². The molecule has 0 saturated heterocycles. The number of amidine groups is 1. The molecule has 142 valence electrons. The summed E-state index contributed by atoms with van der Waals surface area (Å²) in [5.74, 6) is 0.743. The number of carbonyl (C=O) groups excluding carboxylic acids is 1. The molecular formula is C20H24N4O2S. The molecular weight excluding hydrogens is 360 g/mol. The fraction of sp³-hybridized carbons (Fsp3) is 0.300. The molecule has 0 radical (unpaired) electrons. The number of thioether (sulfide) groups is 1. The number of aliphatic imine (C=N–C) groups is 1. The van der Waals surface area contributed by atoms with Gasteiger partial charge in [0.2, 0.25) is 0 Å². The highest BCUT2D eigenvalue weighted by Crippen LogP contribution is 2.29. The Bertz CT molecular complexity index is 819. The van der Waals surface area contributed by atoms with Gasteiger partial charge in [-0.25, -0.2) is 9.69 Å². The summed E-state index contributed by atoms with van der Waals surface area (Å²) in [5.41, 5.74) is 2.56. The summed E-state index contributed by atoms with van der Waals surface area (Å²) in [6.07, 6.45) is 0. The van der Waals surface area contributed by atoms with Crippen molar-refractivity contribution in [3.05, 3.63) is 48.5 Å². The number of amides is 2. The number of urea groups is 1. The van der Waals surface area contributed by atoms with Gasteiger partial charge in [-0.15, -0.1) is 0 Å². The van der Waals surface area contributed by atoms with E-state index in [1.54, 1.807) is 23.8 Å². The van der Waals surface area contributed by atoms with Crippen LogP contribution in [0.15, 0.2) is 53.5 Å². The van der Waals surface area contributed by atoms with Gasteiger partial charge in [0.1, 0.15) is 5.75 Å². The van der Waals surface area contributed by atoms with Gasteiger partial charge in [0.15, 0.2) is 5.17 Å². The lowest BCUT2D eigenvalue weighted by atomic mass is 10.2. The average Bonchev–Trinajstić information content (AvgIpc) is 3.08. The Labute approximate surface area is 164 Å². The van der Waals surface area contributed by atoms with Crippen LogP contribution in [0.3, 0.4) is 0 Å². The maximum Gasteiger partial charge on any atom is 0.332 e. The van der Waals surface area contributed by atoms with E-state index in [2.05, 4.69) is 17.2 Å². The minimum Gasteiger partial charge on any atom is -0.497 e. The number of methoxy groups -OCH3 is 1. The van der Waals surface area contributed by atoms with E-state index in [1.165, 1.54) is 0 Å². The van der Waals surface area contributed by atoms with Crippen molar-refractivity contribution in [3.8, 4) is 5.75 Å². The number of hydrogen-bond donors (Lipinski definition) is 1. The van der Waals surface area contributed by atoms with Crippen LogP contribution in [0.1, 0.15) is 6.92 Å². The Kier molecular flexibility index (Phi) is 5.91. The van der Waals surface area contributed by atoms with E-state index in [9.17, 15) is 4.79 Å². The lowest BCUT2D eigenvalue weighted by molar-refractivity contribution is 0.259. The van der Waals surface area contributed by atoms with Gasteiger partial charge >= 0.3 is 6.03 Å². The third-order valence-electron chi connectivity index (χ3n) is 4.15. The normalized spacial score (nSPS) is 15.9. The molecule has 0 spiro atoms. The molecule has 0 aliphatic carbocycles. The first-order chi connectivity index (χ1) is 13.0. The van der Waals surface area contributed by atoms with Gasteiger partial charge < -0.3 is 15.0 Å². The molecule has 2 aromatic carbocycles. The van der Waals surface area contributed by atoms with Gasteiger partial charge in [-0.05, 0) is 48.5 Å². The number of ether oxygens (including phenoxy) is 1. The number of rotatable bonds is 4. The number of hydrogen-bond acceptors (Lipinski definition) is 5. The van der Waals surface area contributed by atoms with Gasteiger partial charge in [-0.2, -0.15) is 0 Å². The lowest BCUT2D eigenvalue weighted by Crippen LogP contribution is -2.38. The van der Waals surface area contributed by atoms with Crippen LogP contribution in [0, 0.1) is 0 Å². The number of carbonyl (C=O) groups is 1. The summed E-state index contributed by atoms with van der Waals surface area (Å²) >= 11 is 1.60. The van der Waals surface area contributed by atoms with Crippen LogP contribution < -0.4 is 19.9 Å². The summed E-state index contributed by atoms with van der Waals surface area (Å²) < 4.78 is 5.22. The Morgan fingerprint density at radius 3 is 2.26 bits per heavy atom. The number of anilines is 3. The second kappa shape index (κ2) is 8.35.